The molecular formula is C8H18N2OSi. The van der Waals surface area contributed by atoms with Gasteiger partial charge in [-0.2, -0.15) is 0 Å². The molecule has 4 heteroatoms. The van der Waals surface area contributed by atoms with Crippen LogP contribution in [0, 0.1) is 0 Å². The van der Waals surface area contributed by atoms with Gasteiger partial charge in [0, 0.05) is 0 Å². The molecule has 0 saturated heterocycles. The number of carbonyl (C=O) groups excluding carboxylic acids is 1. The van der Waals surface area contributed by atoms with Gasteiger partial charge in [-0.1, -0.05) is 31.4 Å². The van der Waals surface area contributed by atoms with Crippen molar-refractivity contribution in [1.82, 2.24) is 0 Å². The molecular weight excluding hydrogens is 168 g/mol. The van der Waals surface area contributed by atoms with E-state index in [1.54, 1.807) is 0 Å². The molecule has 1 amide bonds. The van der Waals surface area contributed by atoms with Crippen LogP contribution in [0.1, 0.15) is 6.42 Å². The average Bonchev–Trinajstić information content (AvgIpc) is 1.84. The maximum absolute atomic E-state index is 10.5. The lowest BCUT2D eigenvalue weighted by atomic mass is 10.2. The smallest absolute Gasteiger partial charge is 0.234 e. The average molecular weight is 186 g/mol. The van der Waals surface area contributed by atoms with Crippen molar-refractivity contribution in [2.75, 3.05) is 0 Å². The fraction of sp³-hybridized carbons (Fsp3) is 0.625. The summed E-state index contributed by atoms with van der Waals surface area (Å²) in [6.45, 7) is 6.66. The molecule has 0 radical (unpaired) electrons. The van der Waals surface area contributed by atoms with Gasteiger partial charge in [0.05, 0.1) is 14.1 Å². The number of hydrogen-bond donors (Lipinski definition) is 2. The molecule has 3 nitrogen and oxygen atoms in total. The first-order valence-electron chi connectivity index (χ1n) is 4.05. The second-order valence-electron chi connectivity index (χ2n) is 4.01. The lowest BCUT2D eigenvalue weighted by molar-refractivity contribution is -0.119. The van der Waals surface area contributed by atoms with Crippen LogP contribution >= 0.6 is 0 Å². The summed E-state index contributed by atoms with van der Waals surface area (Å²) in [5.41, 5.74) is 12.6. The Hall–Kier alpha value is -0.613. The van der Waals surface area contributed by atoms with Crippen LogP contribution in [-0.4, -0.2) is 20.0 Å². The van der Waals surface area contributed by atoms with Crippen LogP contribution in [0.15, 0.2) is 11.8 Å². The van der Waals surface area contributed by atoms with E-state index in [9.17, 15) is 4.79 Å². The van der Waals surface area contributed by atoms with Gasteiger partial charge in [0.15, 0.2) is 0 Å². The molecule has 0 aromatic rings. The van der Waals surface area contributed by atoms with E-state index in [4.69, 9.17) is 11.5 Å². The number of nitrogens with two attached hydrogens (primary N) is 2. The Labute approximate surface area is 74.8 Å². The maximum atomic E-state index is 10.5. The minimum absolute atomic E-state index is 0.435. The highest BCUT2D eigenvalue weighted by molar-refractivity contribution is 6.80. The van der Waals surface area contributed by atoms with Crippen LogP contribution in [0.2, 0.25) is 19.6 Å². The quantitative estimate of drug-likeness (QED) is 0.632. The zero-order chi connectivity index (χ0) is 9.78. The Bertz CT molecular complexity index is 184. The Morgan fingerprint density at radius 1 is 1.50 bits per heavy atom. The van der Waals surface area contributed by atoms with Crippen molar-refractivity contribution in [3.63, 3.8) is 0 Å². The maximum Gasteiger partial charge on any atom is 0.234 e. The summed E-state index contributed by atoms with van der Waals surface area (Å²) >= 11 is 0. The minimum Gasteiger partial charge on any atom is -0.368 e. The predicted octanol–water partition coefficient (Wildman–Crippen LogP) is 0.623. The Balaban J connectivity index is 3.83. The van der Waals surface area contributed by atoms with Crippen LogP contribution in [0.4, 0.5) is 0 Å². The van der Waals surface area contributed by atoms with E-state index < -0.39 is 20.0 Å². The van der Waals surface area contributed by atoms with E-state index in [0.717, 1.165) is 0 Å². The van der Waals surface area contributed by atoms with Crippen molar-refractivity contribution in [1.29, 1.82) is 0 Å². The third-order valence-corrected chi connectivity index (χ3v) is 2.61. The number of primary amides is 1. The van der Waals surface area contributed by atoms with Crippen molar-refractivity contribution in [2.45, 2.75) is 32.1 Å². The van der Waals surface area contributed by atoms with Crippen LogP contribution < -0.4 is 11.5 Å². The molecule has 4 N–H and O–H groups in total. The molecule has 0 spiro atoms. The Morgan fingerprint density at radius 2 is 2.00 bits per heavy atom. The van der Waals surface area contributed by atoms with Gasteiger partial charge in [-0.15, -0.1) is 0 Å². The molecule has 12 heavy (non-hydrogen) atoms. The number of amides is 1. The van der Waals surface area contributed by atoms with E-state index in [0.29, 0.717) is 6.42 Å². The van der Waals surface area contributed by atoms with E-state index >= 15 is 0 Å². The van der Waals surface area contributed by atoms with E-state index in [2.05, 4.69) is 25.3 Å². The van der Waals surface area contributed by atoms with Gasteiger partial charge in [0.2, 0.25) is 5.91 Å². The van der Waals surface area contributed by atoms with Gasteiger partial charge >= 0.3 is 0 Å². The van der Waals surface area contributed by atoms with Crippen LogP contribution in [0.25, 0.3) is 0 Å². The number of carbonyl (C=O) groups is 1. The first kappa shape index (κ1) is 11.4. The fourth-order valence-electron chi connectivity index (χ4n) is 0.684. The van der Waals surface area contributed by atoms with Crippen molar-refractivity contribution in [3.05, 3.63) is 11.8 Å². The summed E-state index contributed by atoms with van der Waals surface area (Å²) in [5, 5.41) is 0. The van der Waals surface area contributed by atoms with Gasteiger partial charge in [0.1, 0.15) is 0 Å². The molecule has 0 unspecified atom stereocenters. The SMILES string of the molecule is C[Si](C)(C)/C=C\C[C@@H](N)C(N)=O. The summed E-state index contributed by atoms with van der Waals surface area (Å²) in [6, 6.07) is -0.530. The summed E-state index contributed by atoms with van der Waals surface area (Å²) in [6.07, 6.45) is 2.52. The molecule has 0 aliphatic rings. The summed E-state index contributed by atoms with van der Waals surface area (Å²) < 4.78 is 0. The Kier molecular flexibility index (Phi) is 4.20. The molecule has 0 aromatic heterocycles. The molecule has 0 aliphatic carbocycles. The second-order valence-corrected chi connectivity index (χ2v) is 9.08. The molecule has 0 rings (SSSR count). The molecule has 0 saturated carbocycles. The van der Waals surface area contributed by atoms with Gasteiger partial charge in [-0.25, -0.2) is 0 Å². The first-order valence-corrected chi connectivity index (χ1v) is 7.63. The zero-order valence-electron chi connectivity index (χ0n) is 8.00. The largest absolute Gasteiger partial charge is 0.368 e. The third-order valence-electron chi connectivity index (χ3n) is 1.37. The highest BCUT2D eigenvalue weighted by Crippen LogP contribution is 2.03. The van der Waals surface area contributed by atoms with E-state index in [-0.39, 0.29) is 0 Å². The third kappa shape index (κ3) is 6.12. The van der Waals surface area contributed by atoms with Gasteiger partial charge < -0.3 is 11.5 Å². The van der Waals surface area contributed by atoms with E-state index in [1.807, 2.05) is 6.08 Å². The normalized spacial score (nSPS) is 15.0. The monoisotopic (exact) mass is 186 g/mol. The van der Waals surface area contributed by atoms with Crippen LogP contribution in [0.3, 0.4) is 0 Å². The molecule has 0 fully saturated rings. The molecule has 1 atom stereocenters. The number of rotatable bonds is 4. The minimum atomic E-state index is -1.15. The topological polar surface area (TPSA) is 69.1 Å². The van der Waals surface area contributed by atoms with Crippen LogP contribution in [0.5, 0.6) is 0 Å². The van der Waals surface area contributed by atoms with E-state index in [1.165, 1.54) is 0 Å². The first-order chi connectivity index (χ1) is 5.33. The standard InChI is InChI=1S/C8H18N2OSi/c1-12(2,3)6-4-5-7(9)8(10)11/h4,6-7H,5,9H2,1-3H3,(H2,10,11)/b6-4-/t7-/m1/s1. The molecule has 0 aromatic carbocycles. The van der Waals surface area contributed by atoms with Crippen molar-refractivity contribution >= 4 is 14.0 Å². The molecule has 0 aliphatic heterocycles. The fourth-order valence-corrected chi connectivity index (χ4v) is 1.53. The Morgan fingerprint density at radius 3 is 2.33 bits per heavy atom. The lowest BCUT2D eigenvalue weighted by Crippen LogP contribution is -2.35. The van der Waals surface area contributed by atoms with Gasteiger partial charge in [0.25, 0.3) is 0 Å². The number of hydrogen-bond acceptors (Lipinski definition) is 2. The lowest BCUT2D eigenvalue weighted by Gasteiger charge is -2.09. The van der Waals surface area contributed by atoms with Crippen LogP contribution in [-0.2, 0) is 4.79 Å². The second kappa shape index (κ2) is 4.42. The molecule has 0 bridgehead atoms. The highest BCUT2D eigenvalue weighted by Gasteiger charge is 2.09. The summed E-state index contributed by atoms with van der Waals surface area (Å²) in [5.74, 6) is -0.435. The summed E-state index contributed by atoms with van der Waals surface area (Å²) in [7, 11) is -1.15. The van der Waals surface area contributed by atoms with Gasteiger partial charge in [-0.05, 0) is 6.42 Å². The zero-order valence-corrected chi connectivity index (χ0v) is 9.00. The van der Waals surface area contributed by atoms with Crippen molar-refractivity contribution < 1.29 is 4.79 Å². The molecule has 0 heterocycles. The van der Waals surface area contributed by atoms with Gasteiger partial charge in [-0.3, -0.25) is 4.79 Å². The highest BCUT2D eigenvalue weighted by atomic mass is 28.3. The van der Waals surface area contributed by atoms with Crippen molar-refractivity contribution in [3.8, 4) is 0 Å². The summed E-state index contributed by atoms with van der Waals surface area (Å²) in [4.78, 5) is 10.5. The van der Waals surface area contributed by atoms with Crippen molar-refractivity contribution in [2.24, 2.45) is 11.5 Å². The molecule has 70 valence electrons. The predicted molar refractivity (Wildman–Crippen MR) is 54.3 cm³/mol.